The van der Waals surface area contributed by atoms with Crippen molar-refractivity contribution in [1.82, 2.24) is 9.78 Å². The van der Waals surface area contributed by atoms with Gasteiger partial charge < -0.3 is 5.32 Å². The summed E-state index contributed by atoms with van der Waals surface area (Å²) in [5.74, 6) is 0.0434. The molecule has 0 aliphatic carbocycles. The SMILES string of the molecule is CCc1ccc(NC(=O)CCc2c(C)nn(C)c2C)cc1. The fraction of sp³-hybridized carbons (Fsp3) is 0.412. The smallest absolute Gasteiger partial charge is 0.224 e. The minimum Gasteiger partial charge on any atom is -0.326 e. The third-order valence-corrected chi connectivity index (χ3v) is 3.91. The maximum Gasteiger partial charge on any atom is 0.224 e. The fourth-order valence-corrected chi connectivity index (χ4v) is 2.47. The predicted octanol–water partition coefficient (Wildman–Crippen LogP) is 3.17. The van der Waals surface area contributed by atoms with E-state index in [1.54, 1.807) is 0 Å². The number of benzene rings is 1. The molecule has 0 atom stereocenters. The van der Waals surface area contributed by atoms with E-state index in [9.17, 15) is 4.79 Å². The van der Waals surface area contributed by atoms with Gasteiger partial charge in [0.1, 0.15) is 0 Å². The van der Waals surface area contributed by atoms with Crippen molar-refractivity contribution in [2.24, 2.45) is 7.05 Å². The minimum absolute atomic E-state index is 0.0434. The molecule has 0 aliphatic rings. The highest BCUT2D eigenvalue weighted by atomic mass is 16.1. The Balaban J connectivity index is 1.92. The highest BCUT2D eigenvalue weighted by Crippen LogP contribution is 2.15. The lowest BCUT2D eigenvalue weighted by atomic mass is 10.1. The zero-order valence-corrected chi connectivity index (χ0v) is 13.2. The molecule has 0 saturated carbocycles. The van der Waals surface area contributed by atoms with Crippen molar-refractivity contribution < 1.29 is 4.79 Å². The number of nitrogens with one attached hydrogen (secondary N) is 1. The van der Waals surface area contributed by atoms with Crippen LogP contribution in [0.15, 0.2) is 24.3 Å². The number of hydrogen-bond donors (Lipinski definition) is 1. The molecule has 0 spiro atoms. The summed E-state index contributed by atoms with van der Waals surface area (Å²) >= 11 is 0. The van der Waals surface area contributed by atoms with Gasteiger partial charge in [-0.05, 0) is 49.9 Å². The summed E-state index contributed by atoms with van der Waals surface area (Å²) in [4.78, 5) is 12.0. The van der Waals surface area contributed by atoms with E-state index in [0.29, 0.717) is 6.42 Å². The van der Waals surface area contributed by atoms with Gasteiger partial charge in [-0.3, -0.25) is 9.48 Å². The van der Waals surface area contributed by atoms with E-state index in [1.807, 2.05) is 49.8 Å². The van der Waals surface area contributed by atoms with Gasteiger partial charge in [0.15, 0.2) is 0 Å². The lowest BCUT2D eigenvalue weighted by molar-refractivity contribution is -0.116. The Morgan fingerprint density at radius 1 is 1.24 bits per heavy atom. The molecule has 112 valence electrons. The summed E-state index contributed by atoms with van der Waals surface area (Å²) in [6.45, 7) is 6.15. The van der Waals surface area contributed by atoms with Gasteiger partial charge in [0.2, 0.25) is 5.91 Å². The van der Waals surface area contributed by atoms with E-state index in [-0.39, 0.29) is 5.91 Å². The van der Waals surface area contributed by atoms with Crippen LogP contribution in [0.2, 0.25) is 0 Å². The van der Waals surface area contributed by atoms with Crippen LogP contribution in [0.5, 0.6) is 0 Å². The van der Waals surface area contributed by atoms with Crippen LogP contribution < -0.4 is 5.32 Å². The normalized spacial score (nSPS) is 10.7. The number of amides is 1. The third kappa shape index (κ3) is 3.72. The van der Waals surface area contributed by atoms with Gasteiger partial charge in [-0.1, -0.05) is 19.1 Å². The standard InChI is InChI=1S/C17H23N3O/c1-5-14-6-8-15(9-7-14)18-17(21)11-10-16-12(2)19-20(4)13(16)3/h6-9H,5,10-11H2,1-4H3,(H,18,21). The molecular formula is C17H23N3O. The molecule has 1 amide bonds. The van der Waals surface area contributed by atoms with Gasteiger partial charge in [0.05, 0.1) is 5.69 Å². The van der Waals surface area contributed by atoms with E-state index in [4.69, 9.17) is 0 Å². The number of aryl methyl sites for hydroxylation is 3. The quantitative estimate of drug-likeness (QED) is 0.917. The lowest BCUT2D eigenvalue weighted by Gasteiger charge is -2.06. The molecule has 1 aromatic carbocycles. The second kappa shape index (κ2) is 6.57. The lowest BCUT2D eigenvalue weighted by Crippen LogP contribution is -2.12. The minimum atomic E-state index is 0.0434. The Hall–Kier alpha value is -2.10. The van der Waals surface area contributed by atoms with Crippen molar-refractivity contribution in [2.75, 3.05) is 5.32 Å². The summed E-state index contributed by atoms with van der Waals surface area (Å²) in [6.07, 6.45) is 2.21. The van der Waals surface area contributed by atoms with Gasteiger partial charge >= 0.3 is 0 Å². The highest BCUT2D eigenvalue weighted by molar-refractivity contribution is 5.90. The first-order valence-electron chi connectivity index (χ1n) is 7.39. The van der Waals surface area contributed by atoms with Crippen LogP contribution >= 0.6 is 0 Å². The van der Waals surface area contributed by atoms with Crippen molar-refractivity contribution in [3.8, 4) is 0 Å². The molecule has 1 aromatic heterocycles. The van der Waals surface area contributed by atoms with E-state index in [2.05, 4.69) is 17.3 Å². The zero-order valence-electron chi connectivity index (χ0n) is 13.2. The van der Waals surface area contributed by atoms with Crippen molar-refractivity contribution in [2.45, 2.75) is 40.0 Å². The number of carbonyl (C=O) groups excluding carboxylic acids is 1. The first-order valence-corrected chi connectivity index (χ1v) is 7.39. The Kier molecular flexibility index (Phi) is 4.78. The molecule has 21 heavy (non-hydrogen) atoms. The summed E-state index contributed by atoms with van der Waals surface area (Å²) < 4.78 is 1.87. The van der Waals surface area contributed by atoms with Crippen LogP contribution in [-0.4, -0.2) is 15.7 Å². The molecule has 1 N–H and O–H groups in total. The molecule has 0 aliphatic heterocycles. The van der Waals surface area contributed by atoms with E-state index in [1.165, 1.54) is 11.1 Å². The molecule has 0 saturated heterocycles. The number of rotatable bonds is 5. The van der Waals surface area contributed by atoms with Gasteiger partial charge in [-0.2, -0.15) is 5.10 Å². The topological polar surface area (TPSA) is 46.9 Å². The summed E-state index contributed by atoms with van der Waals surface area (Å²) in [7, 11) is 1.93. The molecular weight excluding hydrogens is 262 g/mol. The van der Waals surface area contributed by atoms with Crippen LogP contribution in [0.3, 0.4) is 0 Å². The van der Waals surface area contributed by atoms with Crippen molar-refractivity contribution in [3.05, 3.63) is 46.8 Å². The summed E-state index contributed by atoms with van der Waals surface area (Å²) in [5, 5.41) is 7.32. The number of anilines is 1. The van der Waals surface area contributed by atoms with Crippen LogP contribution in [0.4, 0.5) is 5.69 Å². The first-order chi connectivity index (χ1) is 10.0. The highest BCUT2D eigenvalue weighted by Gasteiger charge is 2.11. The molecule has 1 heterocycles. The molecule has 4 nitrogen and oxygen atoms in total. The Morgan fingerprint density at radius 3 is 2.43 bits per heavy atom. The molecule has 2 rings (SSSR count). The van der Waals surface area contributed by atoms with Crippen molar-refractivity contribution >= 4 is 11.6 Å². The molecule has 0 fully saturated rings. The maximum absolute atomic E-state index is 12.0. The molecule has 2 aromatic rings. The summed E-state index contributed by atoms with van der Waals surface area (Å²) in [6, 6.07) is 8.00. The number of aromatic nitrogens is 2. The Morgan fingerprint density at radius 2 is 1.90 bits per heavy atom. The van der Waals surface area contributed by atoms with Crippen LogP contribution in [-0.2, 0) is 24.7 Å². The molecule has 0 radical (unpaired) electrons. The summed E-state index contributed by atoms with van der Waals surface area (Å²) in [5.41, 5.74) is 5.45. The average Bonchev–Trinajstić information content (AvgIpc) is 2.71. The second-order valence-electron chi connectivity index (χ2n) is 5.37. The van der Waals surface area contributed by atoms with E-state index >= 15 is 0 Å². The molecule has 0 unspecified atom stereocenters. The number of nitrogens with zero attached hydrogens (tertiary/aromatic N) is 2. The van der Waals surface area contributed by atoms with Crippen molar-refractivity contribution in [1.29, 1.82) is 0 Å². The third-order valence-electron chi connectivity index (χ3n) is 3.91. The van der Waals surface area contributed by atoms with Gasteiger partial charge in [-0.25, -0.2) is 0 Å². The van der Waals surface area contributed by atoms with E-state index in [0.717, 1.165) is 29.9 Å². The number of hydrogen-bond acceptors (Lipinski definition) is 2. The van der Waals surface area contributed by atoms with Gasteiger partial charge in [-0.15, -0.1) is 0 Å². The maximum atomic E-state index is 12.0. The van der Waals surface area contributed by atoms with Gasteiger partial charge in [0, 0.05) is 24.8 Å². The predicted molar refractivity (Wildman–Crippen MR) is 85.5 cm³/mol. The largest absolute Gasteiger partial charge is 0.326 e. The second-order valence-corrected chi connectivity index (χ2v) is 5.37. The Bertz CT molecular complexity index is 626. The van der Waals surface area contributed by atoms with E-state index < -0.39 is 0 Å². The van der Waals surface area contributed by atoms with Crippen LogP contribution in [0.1, 0.15) is 35.9 Å². The first kappa shape index (κ1) is 15.3. The monoisotopic (exact) mass is 285 g/mol. The average molecular weight is 285 g/mol. The number of carbonyl (C=O) groups is 1. The molecule has 0 bridgehead atoms. The van der Waals surface area contributed by atoms with Crippen LogP contribution in [0, 0.1) is 13.8 Å². The van der Waals surface area contributed by atoms with Crippen molar-refractivity contribution in [3.63, 3.8) is 0 Å². The van der Waals surface area contributed by atoms with Crippen LogP contribution in [0.25, 0.3) is 0 Å². The zero-order chi connectivity index (χ0) is 15.4. The van der Waals surface area contributed by atoms with Gasteiger partial charge in [0.25, 0.3) is 0 Å². The molecule has 4 heteroatoms. The fourth-order valence-electron chi connectivity index (χ4n) is 2.47. The Labute approximate surface area is 126 Å².